The predicted molar refractivity (Wildman–Crippen MR) is 83.0 cm³/mol. The van der Waals surface area contributed by atoms with Crippen molar-refractivity contribution in [1.29, 1.82) is 0 Å². The standard InChI is InChI=1S/C16H20F4N2O3/c1-4-25-14(24)15(16(18,19)20,22-13(23)8-10(2)3)21-12-7-5-6-11(17)9-12/h5-7,9-10,21H,4,8H2,1-3H3,(H,22,23)/t15-/m1/s1. The number of hydrogen-bond acceptors (Lipinski definition) is 4. The van der Waals surface area contributed by atoms with Crippen LogP contribution in [0, 0.1) is 11.7 Å². The lowest BCUT2D eigenvalue weighted by molar-refractivity contribution is -0.208. The summed E-state index contributed by atoms with van der Waals surface area (Å²) >= 11 is 0. The van der Waals surface area contributed by atoms with Crippen molar-refractivity contribution in [1.82, 2.24) is 5.32 Å². The fourth-order valence-corrected chi connectivity index (χ4v) is 2.04. The van der Waals surface area contributed by atoms with E-state index >= 15 is 0 Å². The van der Waals surface area contributed by atoms with Gasteiger partial charge in [0.1, 0.15) is 5.82 Å². The van der Waals surface area contributed by atoms with E-state index in [4.69, 9.17) is 0 Å². The molecule has 0 aliphatic rings. The highest BCUT2D eigenvalue weighted by Crippen LogP contribution is 2.33. The third-order valence-electron chi connectivity index (χ3n) is 3.08. The van der Waals surface area contributed by atoms with E-state index in [2.05, 4.69) is 4.74 Å². The molecule has 25 heavy (non-hydrogen) atoms. The monoisotopic (exact) mass is 364 g/mol. The summed E-state index contributed by atoms with van der Waals surface area (Å²) in [6.45, 7) is 4.27. The zero-order valence-electron chi connectivity index (χ0n) is 14.0. The Bertz CT molecular complexity index is 620. The molecule has 0 aliphatic heterocycles. The Hall–Kier alpha value is -2.32. The van der Waals surface area contributed by atoms with Gasteiger partial charge in [0.15, 0.2) is 0 Å². The fraction of sp³-hybridized carbons (Fsp3) is 0.500. The number of ether oxygens (including phenoxy) is 1. The number of halogens is 4. The molecule has 0 saturated heterocycles. The average molecular weight is 364 g/mol. The molecule has 2 N–H and O–H groups in total. The average Bonchev–Trinajstić information content (AvgIpc) is 2.44. The predicted octanol–water partition coefficient (Wildman–Crippen LogP) is 3.22. The van der Waals surface area contributed by atoms with E-state index in [9.17, 15) is 27.2 Å². The van der Waals surface area contributed by atoms with Crippen LogP contribution in [-0.4, -0.2) is 30.3 Å². The third kappa shape index (κ3) is 5.33. The lowest BCUT2D eigenvalue weighted by atomic mass is 10.1. The van der Waals surface area contributed by atoms with Gasteiger partial charge in [-0.05, 0) is 31.0 Å². The Morgan fingerprint density at radius 2 is 1.88 bits per heavy atom. The van der Waals surface area contributed by atoms with Gasteiger partial charge >= 0.3 is 17.8 Å². The first kappa shape index (κ1) is 20.7. The fourth-order valence-electron chi connectivity index (χ4n) is 2.04. The summed E-state index contributed by atoms with van der Waals surface area (Å²) in [6.07, 6.45) is -5.47. The number of amides is 1. The van der Waals surface area contributed by atoms with Crippen molar-refractivity contribution in [2.24, 2.45) is 5.92 Å². The molecular formula is C16H20F4N2O3. The smallest absolute Gasteiger partial charge is 0.441 e. The van der Waals surface area contributed by atoms with Crippen LogP contribution >= 0.6 is 0 Å². The molecule has 140 valence electrons. The normalized spacial score (nSPS) is 13.9. The molecule has 0 spiro atoms. The lowest BCUT2D eigenvalue weighted by Gasteiger charge is -2.35. The van der Waals surface area contributed by atoms with Crippen molar-refractivity contribution >= 4 is 17.6 Å². The lowest BCUT2D eigenvalue weighted by Crippen LogP contribution is -2.69. The van der Waals surface area contributed by atoms with Crippen LogP contribution in [0.3, 0.4) is 0 Å². The summed E-state index contributed by atoms with van der Waals surface area (Å²) in [5.41, 5.74) is -3.86. The highest BCUT2D eigenvalue weighted by Gasteiger charge is 2.63. The third-order valence-corrected chi connectivity index (χ3v) is 3.08. The molecule has 0 radical (unpaired) electrons. The number of carbonyl (C=O) groups excluding carboxylic acids is 2. The van der Waals surface area contributed by atoms with Gasteiger partial charge in [0.05, 0.1) is 6.61 Å². The maximum Gasteiger partial charge on any atom is 0.441 e. The van der Waals surface area contributed by atoms with Crippen LogP contribution in [0.4, 0.5) is 23.2 Å². The zero-order chi connectivity index (χ0) is 19.3. The Kier molecular flexibility index (Phi) is 6.78. The van der Waals surface area contributed by atoms with Gasteiger partial charge in [-0.3, -0.25) is 4.79 Å². The van der Waals surface area contributed by atoms with Crippen LogP contribution in [0.25, 0.3) is 0 Å². The van der Waals surface area contributed by atoms with Crippen LogP contribution in [-0.2, 0) is 14.3 Å². The van der Waals surface area contributed by atoms with E-state index in [1.807, 2.05) is 5.32 Å². The molecule has 0 heterocycles. The first-order chi connectivity index (χ1) is 11.5. The molecule has 1 rings (SSSR count). The number of benzene rings is 1. The van der Waals surface area contributed by atoms with Crippen molar-refractivity contribution in [3.8, 4) is 0 Å². The molecule has 1 amide bonds. The van der Waals surface area contributed by atoms with E-state index in [-0.39, 0.29) is 24.6 Å². The molecule has 9 heteroatoms. The Labute approximate surface area is 142 Å². The van der Waals surface area contributed by atoms with Gasteiger partial charge in [0.2, 0.25) is 5.91 Å². The van der Waals surface area contributed by atoms with Crippen LogP contribution in [0.5, 0.6) is 0 Å². The molecular weight excluding hydrogens is 344 g/mol. The van der Waals surface area contributed by atoms with Gasteiger partial charge in [0, 0.05) is 12.1 Å². The van der Waals surface area contributed by atoms with Crippen LogP contribution < -0.4 is 10.6 Å². The molecule has 0 fully saturated rings. The van der Waals surface area contributed by atoms with Crippen LogP contribution in [0.2, 0.25) is 0 Å². The van der Waals surface area contributed by atoms with Gasteiger partial charge in [-0.2, -0.15) is 13.2 Å². The van der Waals surface area contributed by atoms with Gasteiger partial charge in [-0.1, -0.05) is 19.9 Å². The summed E-state index contributed by atoms with van der Waals surface area (Å²) in [6, 6.07) is 4.10. The van der Waals surface area contributed by atoms with E-state index in [1.54, 1.807) is 19.2 Å². The van der Waals surface area contributed by atoms with Crippen molar-refractivity contribution in [3.63, 3.8) is 0 Å². The molecule has 1 aromatic rings. The minimum atomic E-state index is -5.24. The van der Waals surface area contributed by atoms with E-state index in [0.29, 0.717) is 0 Å². The number of esters is 1. The number of rotatable bonds is 7. The molecule has 0 bridgehead atoms. The van der Waals surface area contributed by atoms with Crippen molar-refractivity contribution in [2.75, 3.05) is 11.9 Å². The molecule has 1 aromatic carbocycles. The van der Waals surface area contributed by atoms with E-state index in [0.717, 1.165) is 18.2 Å². The highest BCUT2D eigenvalue weighted by atomic mass is 19.4. The Morgan fingerprint density at radius 3 is 2.36 bits per heavy atom. The van der Waals surface area contributed by atoms with Crippen LogP contribution in [0.1, 0.15) is 27.2 Å². The van der Waals surface area contributed by atoms with Crippen molar-refractivity contribution in [2.45, 2.75) is 39.0 Å². The van der Waals surface area contributed by atoms with Crippen molar-refractivity contribution in [3.05, 3.63) is 30.1 Å². The second-order valence-corrected chi connectivity index (χ2v) is 5.75. The summed E-state index contributed by atoms with van der Waals surface area (Å²) in [5.74, 6) is -3.77. The zero-order valence-corrected chi connectivity index (χ0v) is 14.0. The maximum absolute atomic E-state index is 13.8. The second kappa shape index (κ2) is 8.17. The summed E-state index contributed by atoms with van der Waals surface area (Å²) in [7, 11) is 0. The first-order valence-electron chi connectivity index (χ1n) is 7.60. The first-order valence-corrected chi connectivity index (χ1v) is 7.60. The number of hydrogen-bond donors (Lipinski definition) is 2. The minimum Gasteiger partial charge on any atom is -0.463 e. The quantitative estimate of drug-likeness (QED) is 0.443. The van der Waals surface area contributed by atoms with E-state index in [1.165, 1.54) is 13.0 Å². The summed E-state index contributed by atoms with van der Waals surface area (Å²) in [4.78, 5) is 24.1. The topological polar surface area (TPSA) is 67.4 Å². The van der Waals surface area contributed by atoms with Gasteiger partial charge in [-0.25, -0.2) is 9.18 Å². The number of nitrogens with one attached hydrogen (secondary N) is 2. The van der Waals surface area contributed by atoms with Crippen LogP contribution in [0.15, 0.2) is 24.3 Å². The highest BCUT2D eigenvalue weighted by molar-refractivity contribution is 5.91. The summed E-state index contributed by atoms with van der Waals surface area (Å²) in [5, 5.41) is 3.57. The van der Waals surface area contributed by atoms with Gasteiger partial charge in [0.25, 0.3) is 0 Å². The van der Waals surface area contributed by atoms with Gasteiger partial charge < -0.3 is 15.4 Å². The number of carbonyl (C=O) groups is 2. The Morgan fingerprint density at radius 1 is 1.24 bits per heavy atom. The minimum absolute atomic E-state index is 0.234. The molecule has 0 saturated carbocycles. The Balaban J connectivity index is 3.33. The number of anilines is 1. The molecule has 1 atom stereocenters. The molecule has 0 aromatic heterocycles. The van der Waals surface area contributed by atoms with Crippen molar-refractivity contribution < 1.29 is 31.9 Å². The van der Waals surface area contributed by atoms with Gasteiger partial charge in [-0.15, -0.1) is 0 Å². The second-order valence-electron chi connectivity index (χ2n) is 5.75. The number of alkyl halides is 3. The SMILES string of the molecule is CCOC(=O)[C@](NC(=O)CC(C)C)(Nc1cccc(F)c1)C(F)(F)F. The molecule has 0 aliphatic carbocycles. The van der Waals surface area contributed by atoms with E-state index < -0.39 is 29.5 Å². The largest absolute Gasteiger partial charge is 0.463 e. The molecule has 5 nitrogen and oxygen atoms in total. The maximum atomic E-state index is 13.8. The summed E-state index contributed by atoms with van der Waals surface area (Å²) < 4.78 is 59.1. The molecule has 0 unspecified atom stereocenters.